The van der Waals surface area contributed by atoms with Gasteiger partial charge in [0, 0.05) is 22.2 Å². The highest BCUT2D eigenvalue weighted by Crippen LogP contribution is 2.45. The molecular weight excluding hydrogens is 258 g/mol. The minimum atomic E-state index is -0.977. The summed E-state index contributed by atoms with van der Waals surface area (Å²) < 4.78 is 0. The Labute approximate surface area is 123 Å². The molecule has 2 heteroatoms. The lowest BCUT2D eigenvalue weighted by molar-refractivity contribution is 0.0876. The zero-order chi connectivity index (χ0) is 14.4. The first kappa shape index (κ1) is 12.4. The monoisotopic (exact) mass is 275 g/mol. The van der Waals surface area contributed by atoms with Gasteiger partial charge in [0.1, 0.15) is 5.60 Å². The number of aliphatic hydroxyl groups is 1. The molecule has 0 amide bonds. The summed E-state index contributed by atoms with van der Waals surface area (Å²) in [6.45, 7) is 4.20. The van der Waals surface area contributed by atoms with Crippen LogP contribution in [0.2, 0.25) is 0 Å². The topological polar surface area (TPSA) is 36.0 Å². The Balaban J connectivity index is 1.89. The van der Waals surface area contributed by atoms with Crippen molar-refractivity contribution < 1.29 is 5.11 Å². The third kappa shape index (κ3) is 1.69. The van der Waals surface area contributed by atoms with E-state index in [-0.39, 0.29) is 0 Å². The van der Waals surface area contributed by atoms with Gasteiger partial charge in [-0.3, -0.25) is 0 Å². The van der Waals surface area contributed by atoms with Crippen molar-refractivity contribution >= 4 is 16.5 Å². The van der Waals surface area contributed by atoms with Crippen LogP contribution in [0.5, 0.6) is 0 Å². The minimum absolute atomic E-state index is 0.671. The molecule has 104 valence electrons. The van der Waals surface area contributed by atoms with E-state index >= 15 is 0 Å². The van der Waals surface area contributed by atoms with Crippen LogP contribution in [0.15, 0.2) is 61.2 Å². The molecule has 0 fully saturated rings. The van der Waals surface area contributed by atoms with Crippen LogP contribution < -0.4 is 0 Å². The lowest BCUT2D eigenvalue weighted by Gasteiger charge is -2.34. The van der Waals surface area contributed by atoms with Gasteiger partial charge in [-0.1, -0.05) is 55.1 Å². The number of nitrogens with one attached hydrogen (secondary N) is 1. The molecule has 1 aliphatic carbocycles. The van der Waals surface area contributed by atoms with Crippen molar-refractivity contribution in [2.24, 2.45) is 0 Å². The van der Waals surface area contributed by atoms with E-state index in [1.807, 2.05) is 36.4 Å². The lowest BCUT2D eigenvalue weighted by Crippen LogP contribution is -2.31. The number of aryl methyl sites for hydroxylation is 1. The average molecular weight is 275 g/mol. The number of fused-ring (bicyclic) bond motifs is 3. The van der Waals surface area contributed by atoms with Crippen LogP contribution in [0.4, 0.5) is 0 Å². The Morgan fingerprint density at radius 1 is 1.00 bits per heavy atom. The van der Waals surface area contributed by atoms with Gasteiger partial charge in [-0.05, 0) is 30.0 Å². The second kappa shape index (κ2) is 4.34. The highest BCUT2D eigenvalue weighted by Gasteiger charge is 2.38. The van der Waals surface area contributed by atoms with Crippen LogP contribution in [-0.2, 0) is 12.0 Å². The number of hydrogen-bond acceptors (Lipinski definition) is 1. The average Bonchev–Trinajstić information content (AvgIpc) is 2.91. The molecule has 1 unspecified atom stereocenters. The van der Waals surface area contributed by atoms with Gasteiger partial charge in [0.2, 0.25) is 0 Å². The number of H-pyrrole nitrogens is 1. The Hall–Kier alpha value is -2.32. The van der Waals surface area contributed by atoms with Crippen molar-refractivity contribution in [2.75, 3.05) is 0 Å². The van der Waals surface area contributed by atoms with E-state index in [9.17, 15) is 5.11 Å². The minimum Gasteiger partial charge on any atom is -0.380 e. The summed E-state index contributed by atoms with van der Waals surface area (Å²) in [5.41, 5.74) is 4.09. The maximum Gasteiger partial charge on any atom is 0.116 e. The van der Waals surface area contributed by atoms with E-state index in [2.05, 4.69) is 29.8 Å². The third-order valence-corrected chi connectivity index (χ3v) is 4.60. The molecule has 0 bridgehead atoms. The predicted molar refractivity (Wildman–Crippen MR) is 86.0 cm³/mol. The molecule has 2 nitrogen and oxygen atoms in total. The van der Waals surface area contributed by atoms with E-state index in [1.54, 1.807) is 0 Å². The molecule has 21 heavy (non-hydrogen) atoms. The standard InChI is InChI=1S/C19H17NO/c1-13-18-16(15-9-5-6-10-17(15)20-18)11-12-19(13,21)14-7-3-2-4-8-14/h2-10,20-21H,1,11-12H2. The van der Waals surface area contributed by atoms with Crippen molar-refractivity contribution in [1.29, 1.82) is 0 Å². The Morgan fingerprint density at radius 2 is 1.71 bits per heavy atom. The van der Waals surface area contributed by atoms with Gasteiger partial charge in [-0.2, -0.15) is 0 Å². The van der Waals surface area contributed by atoms with Gasteiger partial charge >= 0.3 is 0 Å². The van der Waals surface area contributed by atoms with E-state index < -0.39 is 5.60 Å². The number of rotatable bonds is 1. The zero-order valence-electron chi connectivity index (χ0n) is 11.8. The molecule has 3 aromatic rings. The molecule has 4 rings (SSSR count). The highest BCUT2D eigenvalue weighted by atomic mass is 16.3. The molecular formula is C19H17NO. The molecule has 0 radical (unpaired) electrons. The van der Waals surface area contributed by atoms with E-state index in [0.717, 1.165) is 28.8 Å². The quantitative estimate of drug-likeness (QED) is 0.691. The number of benzene rings is 2. The maximum absolute atomic E-state index is 11.2. The first-order valence-electron chi connectivity index (χ1n) is 7.27. The predicted octanol–water partition coefficient (Wildman–Crippen LogP) is 4.02. The van der Waals surface area contributed by atoms with Crippen LogP contribution in [0.3, 0.4) is 0 Å². The van der Waals surface area contributed by atoms with Crippen molar-refractivity contribution in [3.63, 3.8) is 0 Å². The molecule has 0 aliphatic heterocycles. The van der Waals surface area contributed by atoms with Gasteiger partial charge in [0.05, 0.1) is 0 Å². The number of aromatic nitrogens is 1. The first-order valence-corrected chi connectivity index (χ1v) is 7.27. The molecule has 1 aliphatic rings. The summed E-state index contributed by atoms with van der Waals surface area (Å²) in [4.78, 5) is 3.43. The summed E-state index contributed by atoms with van der Waals surface area (Å²) in [5, 5.41) is 12.4. The van der Waals surface area contributed by atoms with Crippen molar-refractivity contribution in [2.45, 2.75) is 18.4 Å². The van der Waals surface area contributed by atoms with Gasteiger partial charge in [-0.15, -0.1) is 0 Å². The molecule has 2 aromatic carbocycles. The van der Waals surface area contributed by atoms with Gasteiger partial charge in [0.25, 0.3) is 0 Å². The number of para-hydroxylation sites is 1. The summed E-state index contributed by atoms with van der Waals surface area (Å²) >= 11 is 0. The van der Waals surface area contributed by atoms with Gasteiger partial charge in [0.15, 0.2) is 0 Å². The number of hydrogen-bond donors (Lipinski definition) is 2. The van der Waals surface area contributed by atoms with Crippen molar-refractivity contribution in [1.82, 2.24) is 4.98 Å². The largest absolute Gasteiger partial charge is 0.380 e. The van der Waals surface area contributed by atoms with Crippen LogP contribution in [0, 0.1) is 0 Å². The highest BCUT2D eigenvalue weighted by molar-refractivity contribution is 5.91. The van der Waals surface area contributed by atoms with E-state index in [4.69, 9.17) is 0 Å². The summed E-state index contributed by atoms with van der Waals surface area (Å²) in [6, 6.07) is 18.1. The van der Waals surface area contributed by atoms with Gasteiger partial charge in [-0.25, -0.2) is 0 Å². The van der Waals surface area contributed by atoms with Crippen LogP contribution in [0.25, 0.3) is 16.5 Å². The molecule has 0 spiro atoms. The summed E-state index contributed by atoms with van der Waals surface area (Å²) in [7, 11) is 0. The Morgan fingerprint density at radius 3 is 2.52 bits per heavy atom. The molecule has 1 heterocycles. The fourth-order valence-electron chi connectivity index (χ4n) is 3.41. The second-order valence-electron chi connectivity index (χ2n) is 5.73. The summed E-state index contributed by atoms with van der Waals surface area (Å²) in [6.07, 6.45) is 1.52. The maximum atomic E-state index is 11.2. The Kier molecular flexibility index (Phi) is 2.57. The van der Waals surface area contributed by atoms with Crippen LogP contribution >= 0.6 is 0 Å². The second-order valence-corrected chi connectivity index (χ2v) is 5.73. The lowest BCUT2D eigenvalue weighted by atomic mass is 9.75. The SMILES string of the molecule is C=C1c2[nH]c3ccccc3c2CCC1(O)c1ccccc1. The van der Waals surface area contributed by atoms with Crippen LogP contribution in [0.1, 0.15) is 23.2 Å². The Bertz CT molecular complexity index is 831. The third-order valence-electron chi connectivity index (χ3n) is 4.60. The van der Waals surface area contributed by atoms with Crippen molar-refractivity contribution in [3.8, 4) is 0 Å². The smallest absolute Gasteiger partial charge is 0.116 e. The van der Waals surface area contributed by atoms with Gasteiger partial charge < -0.3 is 10.1 Å². The van der Waals surface area contributed by atoms with E-state index in [0.29, 0.717) is 6.42 Å². The first-order chi connectivity index (χ1) is 10.2. The summed E-state index contributed by atoms with van der Waals surface area (Å²) in [5.74, 6) is 0. The van der Waals surface area contributed by atoms with Crippen LogP contribution in [-0.4, -0.2) is 10.1 Å². The van der Waals surface area contributed by atoms with E-state index in [1.165, 1.54) is 10.9 Å². The fraction of sp³-hybridized carbons (Fsp3) is 0.158. The molecule has 0 saturated carbocycles. The van der Waals surface area contributed by atoms with Crippen molar-refractivity contribution in [3.05, 3.63) is 78.0 Å². The molecule has 1 aromatic heterocycles. The fourth-order valence-corrected chi connectivity index (χ4v) is 3.41. The molecule has 1 atom stereocenters. The molecule has 0 saturated heterocycles. The zero-order valence-corrected chi connectivity index (χ0v) is 11.8. The normalized spacial score (nSPS) is 21.5. The number of aromatic amines is 1. The molecule has 2 N–H and O–H groups in total.